The number of piperazine rings is 1. The first-order valence-corrected chi connectivity index (χ1v) is 14.4. The molecule has 4 rings (SSSR count). The van der Waals surface area contributed by atoms with Crippen LogP contribution in [0.5, 0.6) is 0 Å². The van der Waals surface area contributed by atoms with E-state index in [1.54, 1.807) is 24.1 Å². The number of piperidine rings is 1. The Labute approximate surface area is 245 Å². The first-order valence-electron chi connectivity index (χ1n) is 14.4. The number of nitrogens with one attached hydrogen (secondary N) is 2. The van der Waals surface area contributed by atoms with Crippen molar-refractivity contribution in [3.8, 4) is 5.69 Å². The molecule has 2 aromatic rings. The summed E-state index contributed by atoms with van der Waals surface area (Å²) >= 11 is 0. The molecule has 0 spiro atoms. The van der Waals surface area contributed by atoms with Crippen LogP contribution in [0.4, 0.5) is 15.4 Å². The van der Waals surface area contributed by atoms with Crippen LogP contribution in [0.1, 0.15) is 46.1 Å². The van der Waals surface area contributed by atoms with Crippen molar-refractivity contribution in [2.45, 2.75) is 64.7 Å². The van der Waals surface area contributed by atoms with E-state index >= 15 is 0 Å². The molecular formula is C29H42N8O5. The molecule has 13 heteroatoms. The Morgan fingerprint density at radius 1 is 1.10 bits per heavy atom. The van der Waals surface area contributed by atoms with Crippen molar-refractivity contribution in [3.63, 3.8) is 0 Å². The Morgan fingerprint density at radius 2 is 1.76 bits per heavy atom. The summed E-state index contributed by atoms with van der Waals surface area (Å²) in [5.74, 6) is 0.353. The van der Waals surface area contributed by atoms with Crippen molar-refractivity contribution >= 4 is 23.8 Å². The van der Waals surface area contributed by atoms with Gasteiger partial charge in [-0.05, 0) is 83.3 Å². The summed E-state index contributed by atoms with van der Waals surface area (Å²) in [4.78, 5) is 59.2. The number of rotatable bonds is 7. The molecule has 1 aromatic carbocycles. The second-order valence-electron chi connectivity index (χ2n) is 11.9. The minimum Gasteiger partial charge on any atom is -0.465 e. The Kier molecular flexibility index (Phi) is 9.52. The van der Waals surface area contributed by atoms with Gasteiger partial charge in [-0.25, -0.2) is 14.4 Å². The fraction of sp³-hybridized carbons (Fsp3) is 0.552. The number of carbonyl (C=O) groups excluding carboxylic acids is 2. The van der Waals surface area contributed by atoms with Crippen LogP contribution >= 0.6 is 0 Å². The smallest absolute Gasteiger partial charge is 0.405 e. The zero-order valence-corrected chi connectivity index (χ0v) is 24.7. The molecule has 42 heavy (non-hydrogen) atoms. The van der Waals surface area contributed by atoms with Crippen LogP contribution in [0.3, 0.4) is 0 Å². The summed E-state index contributed by atoms with van der Waals surface area (Å²) in [6.07, 6.45) is 2.52. The molecule has 0 radical (unpaired) electrons. The van der Waals surface area contributed by atoms with Gasteiger partial charge in [0, 0.05) is 44.5 Å². The van der Waals surface area contributed by atoms with Gasteiger partial charge in [0.05, 0.1) is 5.69 Å². The number of hydrogen-bond acceptors (Lipinski definition) is 7. The number of likely N-dealkylation sites (tertiary alicyclic amines) is 1. The molecule has 2 aliphatic rings. The van der Waals surface area contributed by atoms with E-state index in [0.29, 0.717) is 11.6 Å². The molecule has 2 aliphatic heterocycles. The van der Waals surface area contributed by atoms with Gasteiger partial charge >= 0.3 is 17.8 Å². The molecular weight excluding hydrogens is 540 g/mol. The molecule has 5 N–H and O–H groups in total. The van der Waals surface area contributed by atoms with Crippen molar-refractivity contribution in [2.24, 2.45) is 11.7 Å². The van der Waals surface area contributed by atoms with Gasteiger partial charge in [0.15, 0.2) is 0 Å². The normalized spacial score (nSPS) is 19.3. The van der Waals surface area contributed by atoms with Crippen LogP contribution in [-0.2, 0) is 11.3 Å². The van der Waals surface area contributed by atoms with E-state index in [0.717, 1.165) is 32.5 Å². The third-order valence-corrected chi connectivity index (χ3v) is 8.16. The van der Waals surface area contributed by atoms with Gasteiger partial charge in [-0.2, -0.15) is 4.98 Å². The molecule has 3 heterocycles. The van der Waals surface area contributed by atoms with Crippen LogP contribution in [0.15, 0.2) is 41.3 Å². The van der Waals surface area contributed by atoms with Gasteiger partial charge in [0.1, 0.15) is 11.4 Å². The molecule has 2 fully saturated rings. The maximum absolute atomic E-state index is 12.9. The number of urea groups is 1. The maximum atomic E-state index is 12.9. The zero-order chi connectivity index (χ0) is 30.6. The van der Waals surface area contributed by atoms with E-state index in [2.05, 4.69) is 27.4 Å². The Bertz CT molecular complexity index is 1330. The SMILES string of the molecule is CC1CN(C(=O)Nc2ccn(-c3ccc(CN4CCC([C@H](C)N)CC4)cc3)c(=O)n2)CCN1C(=O)C(C)(C)NC(=O)O. The number of anilines is 1. The predicted octanol–water partition coefficient (Wildman–Crippen LogP) is 1.90. The molecule has 1 unspecified atom stereocenters. The third kappa shape index (κ3) is 7.45. The number of carboxylic acid groups (broad SMARTS) is 1. The highest BCUT2D eigenvalue weighted by atomic mass is 16.4. The molecule has 228 valence electrons. The minimum absolute atomic E-state index is 0.131. The molecule has 0 saturated carbocycles. The van der Waals surface area contributed by atoms with Gasteiger partial charge in [-0.1, -0.05) is 12.1 Å². The van der Waals surface area contributed by atoms with Crippen LogP contribution in [0.25, 0.3) is 5.69 Å². The highest BCUT2D eigenvalue weighted by molar-refractivity contribution is 5.90. The third-order valence-electron chi connectivity index (χ3n) is 8.16. The van der Waals surface area contributed by atoms with E-state index in [9.17, 15) is 19.2 Å². The topological polar surface area (TPSA) is 166 Å². The highest BCUT2D eigenvalue weighted by Crippen LogP contribution is 2.22. The van der Waals surface area contributed by atoms with E-state index in [1.807, 2.05) is 24.3 Å². The van der Waals surface area contributed by atoms with E-state index in [-0.39, 0.29) is 43.4 Å². The summed E-state index contributed by atoms with van der Waals surface area (Å²) in [6.45, 7) is 10.5. The van der Waals surface area contributed by atoms with Gasteiger partial charge in [-0.15, -0.1) is 0 Å². The summed E-state index contributed by atoms with van der Waals surface area (Å²) in [7, 11) is 0. The number of nitrogens with zero attached hydrogens (tertiary/aromatic N) is 5. The maximum Gasteiger partial charge on any atom is 0.405 e. The summed E-state index contributed by atoms with van der Waals surface area (Å²) in [6, 6.07) is 8.84. The van der Waals surface area contributed by atoms with E-state index < -0.39 is 23.4 Å². The second kappa shape index (κ2) is 12.9. The average molecular weight is 583 g/mol. The minimum atomic E-state index is -1.29. The lowest BCUT2D eigenvalue weighted by atomic mass is 9.91. The van der Waals surface area contributed by atoms with Crippen LogP contribution in [0, 0.1) is 5.92 Å². The van der Waals surface area contributed by atoms with Gasteiger partial charge < -0.3 is 26.0 Å². The van der Waals surface area contributed by atoms with Crippen molar-refractivity contribution in [1.29, 1.82) is 0 Å². The van der Waals surface area contributed by atoms with Crippen molar-refractivity contribution in [2.75, 3.05) is 38.0 Å². The van der Waals surface area contributed by atoms with Crippen molar-refractivity contribution in [1.82, 2.24) is 29.6 Å². The molecule has 2 saturated heterocycles. The Balaban J connectivity index is 1.31. The van der Waals surface area contributed by atoms with Gasteiger partial charge in [0.25, 0.3) is 0 Å². The van der Waals surface area contributed by atoms with Crippen LogP contribution in [-0.4, -0.2) is 97.7 Å². The molecule has 0 bridgehead atoms. The van der Waals surface area contributed by atoms with Gasteiger partial charge in [0.2, 0.25) is 5.91 Å². The van der Waals surface area contributed by atoms with Gasteiger partial charge in [-0.3, -0.25) is 19.6 Å². The number of carbonyl (C=O) groups is 3. The fourth-order valence-corrected chi connectivity index (χ4v) is 5.64. The lowest BCUT2D eigenvalue weighted by Gasteiger charge is -2.42. The highest BCUT2D eigenvalue weighted by Gasteiger charge is 2.38. The molecule has 0 aliphatic carbocycles. The number of hydrogen-bond donors (Lipinski definition) is 4. The number of nitrogens with two attached hydrogens (primary N) is 1. The van der Waals surface area contributed by atoms with Crippen molar-refractivity contribution in [3.05, 3.63) is 52.6 Å². The van der Waals surface area contributed by atoms with Crippen molar-refractivity contribution < 1.29 is 19.5 Å². The molecule has 1 aromatic heterocycles. The summed E-state index contributed by atoms with van der Waals surface area (Å²) < 4.78 is 1.42. The lowest BCUT2D eigenvalue weighted by molar-refractivity contribution is -0.140. The first kappa shape index (κ1) is 31.0. The number of amides is 4. The molecule has 2 atom stereocenters. The summed E-state index contributed by atoms with van der Waals surface area (Å²) in [5, 5.41) is 13.9. The average Bonchev–Trinajstić information content (AvgIpc) is 2.93. The largest absolute Gasteiger partial charge is 0.465 e. The lowest BCUT2D eigenvalue weighted by Crippen LogP contribution is -2.63. The summed E-state index contributed by atoms with van der Waals surface area (Å²) in [5.41, 5.74) is 6.09. The predicted molar refractivity (Wildman–Crippen MR) is 158 cm³/mol. The first-order chi connectivity index (χ1) is 19.8. The van der Waals surface area contributed by atoms with Crippen LogP contribution in [0.2, 0.25) is 0 Å². The van der Waals surface area contributed by atoms with E-state index in [4.69, 9.17) is 10.8 Å². The Hall–Kier alpha value is -3.97. The molecule has 13 nitrogen and oxygen atoms in total. The standard InChI is InChI=1S/C29H42N8O5/c1-19-17-35(15-16-36(19)25(38)29(3,4)33-28(41)42)26(39)31-24-11-14-37(27(40)32-24)23-7-5-21(6-8-23)18-34-12-9-22(10-13-34)20(2)30/h5-8,11,14,19-20,22,33H,9-10,12-13,15-18,30H2,1-4H3,(H,41,42)(H,31,32,39,40)/t19?,20-/m0/s1. The number of aromatic nitrogens is 2. The van der Waals surface area contributed by atoms with Crippen LogP contribution < -0.4 is 22.1 Å². The number of benzene rings is 1. The monoisotopic (exact) mass is 582 g/mol. The Morgan fingerprint density at radius 3 is 2.33 bits per heavy atom. The fourth-order valence-electron chi connectivity index (χ4n) is 5.64. The van der Waals surface area contributed by atoms with E-state index in [1.165, 1.54) is 28.9 Å². The molecule has 4 amide bonds. The quantitative estimate of drug-likeness (QED) is 0.384. The zero-order valence-electron chi connectivity index (χ0n) is 24.7. The second-order valence-corrected chi connectivity index (χ2v) is 11.9.